The summed E-state index contributed by atoms with van der Waals surface area (Å²) in [5, 5.41) is 13.7. The summed E-state index contributed by atoms with van der Waals surface area (Å²) >= 11 is 1.48. The fraction of sp³-hybridized carbons (Fsp3) is 0.200. The lowest BCUT2D eigenvalue weighted by Gasteiger charge is -2.09. The van der Waals surface area contributed by atoms with Crippen molar-refractivity contribution in [1.82, 2.24) is 24.9 Å². The van der Waals surface area contributed by atoms with Crippen LogP contribution in [0.4, 0.5) is 0 Å². The van der Waals surface area contributed by atoms with Crippen molar-refractivity contribution in [2.24, 2.45) is 0 Å². The van der Waals surface area contributed by atoms with Gasteiger partial charge in [0.2, 0.25) is 11.7 Å². The molecule has 172 valence electrons. The van der Waals surface area contributed by atoms with Gasteiger partial charge in [-0.2, -0.15) is 4.98 Å². The summed E-state index contributed by atoms with van der Waals surface area (Å²) in [4.78, 5) is 4.55. The summed E-state index contributed by atoms with van der Waals surface area (Å²) in [7, 11) is 1.64. The van der Waals surface area contributed by atoms with E-state index in [9.17, 15) is 0 Å². The van der Waals surface area contributed by atoms with Crippen molar-refractivity contribution < 1.29 is 13.7 Å². The summed E-state index contributed by atoms with van der Waals surface area (Å²) in [5.74, 6) is 3.85. The van der Waals surface area contributed by atoms with Crippen LogP contribution >= 0.6 is 11.8 Å². The van der Waals surface area contributed by atoms with Gasteiger partial charge in [-0.15, -0.1) is 10.2 Å². The van der Waals surface area contributed by atoms with Crippen LogP contribution in [-0.4, -0.2) is 32.0 Å². The molecule has 0 amide bonds. The van der Waals surface area contributed by atoms with Gasteiger partial charge in [0.25, 0.3) is 0 Å². The SMILES string of the molecule is CCc1ccc(-c2noc(CSc3nnc(-c4cccc(OC)c4)n3Cc3ccco3)n2)cc1. The minimum absolute atomic E-state index is 0.467. The zero-order chi connectivity index (χ0) is 23.3. The number of hydrogen-bond donors (Lipinski definition) is 0. The van der Waals surface area contributed by atoms with Crippen molar-refractivity contribution in [3.05, 3.63) is 84.1 Å². The molecular formula is C25H23N5O3S. The van der Waals surface area contributed by atoms with Crippen LogP contribution in [0.1, 0.15) is 24.1 Å². The highest BCUT2D eigenvalue weighted by Gasteiger charge is 2.18. The molecule has 3 aromatic heterocycles. The lowest BCUT2D eigenvalue weighted by Crippen LogP contribution is -2.03. The summed E-state index contributed by atoms with van der Waals surface area (Å²) in [6, 6.07) is 19.7. The van der Waals surface area contributed by atoms with Crippen LogP contribution in [0, 0.1) is 0 Å². The number of rotatable bonds is 9. The molecule has 0 bridgehead atoms. The fourth-order valence-corrected chi connectivity index (χ4v) is 4.29. The monoisotopic (exact) mass is 473 g/mol. The molecule has 8 nitrogen and oxygen atoms in total. The van der Waals surface area contributed by atoms with E-state index in [-0.39, 0.29) is 0 Å². The quantitative estimate of drug-likeness (QED) is 0.259. The maximum absolute atomic E-state index is 5.58. The number of benzene rings is 2. The third-order valence-corrected chi connectivity index (χ3v) is 6.30. The van der Waals surface area contributed by atoms with Crippen molar-refractivity contribution in [2.45, 2.75) is 30.8 Å². The minimum atomic E-state index is 0.467. The standard InChI is InChI=1S/C25H23N5O3S/c1-3-17-9-11-18(12-10-17)23-26-22(33-29-23)16-34-25-28-27-24(19-6-4-7-20(14-19)31-2)30(25)15-21-8-5-13-32-21/h4-14H,3,15-16H2,1-2H3. The van der Waals surface area contributed by atoms with E-state index in [2.05, 4.69) is 39.4 Å². The number of nitrogens with zero attached hydrogens (tertiary/aromatic N) is 5. The molecule has 0 spiro atoms. The van der Waals surface area contributed by atoms with Gasteiger partial charge in [0.1, 0.15) is 11.5 Å². The smallest absolute Gasteiger partial charge is 0.237 e. The van der Waals surface area contributed by atoms with E-state index in [0.29, 0.717) is 24.0 Å². The van der Waals surface area contributed by atoms with Gasteiger partial charge < -0.3 is 13.7 Å². The number of aromatic nitrogens is 5. The van der Waals surface area contributed by atoms with Crippen molar-refractivity contribution >= 4 is 11.8 Å². The Morgan fingerprint density at radius 1 is 1.00 bits per heavy atom. The normalized spacial score (nSPS) is 11.1. The average molecular weight is 474 g/mol. The first-order valence-electron chi connectivity index (χ1n) is 10.9. The molecule has 0 saturated carbocycles. The fourth-order valence-electron chi connectivity index (χ4n) is 3.52. The lowest BCUT2D eigenvalue weighted by atomic mass is 10.1. The van der Waals surface area contributed by atoms with Crippen LogP contribution in [0.3, 0.4) is 0 Å². The highest BCUT2D eigenvalue weighted by molar-refractivity contribution is 7.98. The third kappa shape index (κ3) is 4.74. The van der Waals surface area contributed by atoms with Crippen molar-refractivity contribution in [3.63, 3.8) is 0 Å². The second-order valence-electron chi connectivity index (χ2n) is 7.55. The Kier molecular flexibility index (Phi) is 6.44. The predicted octanol–water partition coefficient (Wildman–Crippen LogP) is 5.50. The van der Waals surface area contributed by atoms with Gasteiger partial charge >= 0.3 is 0 Å². The van der Waals surface area contributed by atoms with Gasteiger partial charge in [-0.1, -0.05) is 60.2 Å². The predicted molar refractivity (Wildman–Crippen MR) is 128 cm³/mol. The van der Waals surface area contributed by atoms with Gasteiger partial charge in [0, 0.05) is 11.1 Å². The van der Waals surface area contributed by atoms with Crippen molar-refractivity contribution in [2.75, 3.05) is 7.11 Å². The molecule has 0 saturated heterocycles. The molecule has 0 fully saturated rings. The Bertz CT molecular complexity index is 1360. The molecule has 0 aliphatic heterocycles. The van der Waals surface area contributed by atoms with Crippen LogP contribution in [0.2, 0.25) is 0 Å². The molecule has 5 rings (SSSR count). The molecule has 5 aromatic rings. The van der Waals surface area contributed by atoms with Gasteiger partial charge in [-0.25, -0.2) is 0 Å². The minimum Gasteiger partial charge on any atom is -0.497 e. The highest BCUT2D eigenvalue weighted by Crippen LogP contribution is 2.29. The molecule has 9 heteroatoms. The molecule has 0 N–H and O–H groups in total. The average Bonchev–Trinajstić information content (AvgIpc) is 3.65. The molecule has 0 atom stereocenters. The van der Waals surface area contributed by atoms with E-state index in [1.54, 1.807) is 13.4 Å². The molecule has 0 aliphatic carbocycles. The number of methoxy groups -OCH3 is 1. The summed E-state index contributed by atoms with van der Waals surface area (Å²) in [6.45, 7) is 2.62. The Labute approximate surface area is 201 Å². The van der Waals surface area contributed by atoms with Crippen LogP contribution in [0.25, 0.3) is 22.8 Å². The van der Waals surface area contributed by atoms with E-state index in [0.717, 1.165) is 40.0 Å². The van der Waals surface area contributed by atoms with Gasteiger partial charge in [0.15, 0.2) is 11.0 Å². The van der Waals surface area contributed by atoms with E-state index >= 15 is 0 Å². The Morgan fingerprint density at radius 3 is 2.65 bits per heavy atom. The van der Waals surface area contributed by atoms with Crippen LogP contribution in [0.15, 0.2) is 81.0 Å². The largest absolute Gasteiger partial charge is 0.497 e. The second kappa shape index (κ2) is 9.96. The maximum atomic E-state index is 5.58. The van der Waals surface area contributed by atoms with Crippen LogP contribution < -0.4 is 4.74 Å². The molecule has 0 aliphatic rings. The first-order valence-corrected chi connectivity index (χ1v) is 11.9. The number of aryl methyl sites for hydroxylation is 1. The van der Waals surface area contributed by atoms with Gasteiger partial charge in [0.05, 0.1) is 25.7 Å². The molecule has 34 heavy (non-hydrogen) atoms. The number of furan rings is 1. The zero-order valence-corrected chi connectivity index (χ0v) is 19.7. The molecule has 2 aromatic carbocycles. The van der Waals surface area contributed by atoms with E-state index in [1.807, 2.05) is 53.1 Å². The number of thioether (sulfide) groups is 1. The first kappa shape index (κ1) is 22.0. The van der Waals surface area contributed by atoms with Crippen LogP contribution in [-0.2, 0) is 18.7 Å². The third-order valence-electron chi connectivity index (χ3n) is 5.35. The van der Waals surface area contributed by atoms with Gasteiger partial charge in [-0.3, -0.25) is 4.57 Å². The summed E-state index contributed by atoms with van der Waals surface area (Å²) in [5.41, 5.74) is 3.10. The molecule has 0 unspecified atom stereocenters. The topological polar surface area (TPSA) is 92.0 Å². The zero-order valence-electron chi connectivity index (χ0n) is 18.8. The summed E-state index contributed by atoms with van der Waals surface area (Å²) in [6.07, 6.45) is 2.65. The Morgan fingerprint density at radius 2 is 1.88 bits per heavy atom. The van der Waals surface area contributed by atoms with E-state index < -0.39 is 0 Å². The Balaban J connectivity index is 1.38. The number of hydrogen-bond acceptors (Lipinski definition) is 8. The van der Waals surface area contributed by atoms with E-state index in [1.165, 1.54) is 17.3 Å². The Hall–Kier alpha value is -3.85. The second-order valence-corrected chi connectivity index (χ2v) is 8.50. The molecular weight excluding hydrogens is 450 g/mol. The first-order chi connectivity index (χ1) is 16.7. The maximum Gasteiger partial charge on any atom is 0.237 e. The van der Waals surface area contributed by atoms with Crippen molar-refractivity contribution in [3.8, 4) is 28.5 Å². The highest BCUT2D eigenvalue weighted by atomic mass is 32.2. The molecule has 3 heterocycles. The summed E-state index contributed by atoms with van der Waals surface area (Å²) < 4.78 is 18.5. The number of ether oxygens (including phenoxy) is 1. The van der Waals surface area contributed by atoms with Gasteiger partial charge in [-0.05, 0) is 36.2 Å². The lowest BCUT2D eigenvalue weighted by molar-refractivity contribution is 0.391. The van der Waals surface area contributed by atoms with Crippen LogP contribution in [0.5, 0.6) is 5.75 Å². The van der Waals surface area contributed by atoms with Crippen molar-refractivity contribution in [1.29, 1.82) is 0 Å². The molecule has 0 radical (unpaired) electrons. The van der Waals surface area contributed by atoms with E-state index in [4.69, 9.17) is 13.7 Å².